The molecular weight excluding hydrogens is 85.0 g/mol. The predicted molar refractivity (Wildman–Crippen MR) is 19.3 cm³/mol. The molecule has 0 aromatic heterocycles. The molecule has 0 unspecified atom stereocenters. The normalized spacial score (nSPS) is 11.2. The smallest absolute Gasteiger partial charge is 0.230 e. The highest BCUT2D eigenvalue weighted by molar-refractivity contribution is 5.35. The van der Waals surface area contributed by atoms with Gasteiger partial charge in [-0.05, 0) is 0 Å². The van der Waals surface area contributed by atoms with Gasteiger partial charge in [0.2, 0.25) is 0 Å². The summed E-state index contributed by atoms with van der Waals surface area (Å²) in [4.78, 5) is 9.42. The Bertz CT molecular complexity index is 56.3. The molecule has 0 rings (SSSR count). The maximum Gasteiger partial charge on any atom is 0.338 e. The minimum absolute atomic E-state index is 0.208. The summed E-state index contributed by atoms with van der Waals surface area (Å²) in [5.74, 6) is 0. The van der Waals surface area contributed by atoms with Crippen LogP contribution in [0.3, 0.4) is 0 Å². The highest BCUT2D eigenvalue weighted by Crippen LogP contribution is 1.86. The molecule has 0 saturated heterocycles. The summed E-state index contributed by atoms with van der Waals surface area (Å²) in [7, 11) is 2.29. The van der Waals surface area contributed by atoms with Gasteiger partial charge in [0.05, 0.1) is 0 Å². The second-order valence-electron chi connectivity index (χ2n) is 1.50. The summed E-state index contributed by atoms with van der Waals surface area (Å²) in [6, 6.07) is 0. The van der Waals surface area contributed by atoms with E-state index in [4.69, 9.17) is 0 Å². The molecule has 0 fully saturated rings. The minimum Gasteiger partial charge on any atom is -0.230 e. The van der Waals surface area contributed by atoms with E-state index in [1.54, 1.807) is 0 Å². The summed E-state index contributed by atoms with van der Waals surface area (Å²) in [6.07, 6.45) is 0.208. The summed E-state index contributed by atoms with van der Waals surface area (Å²) >= 11 is 0. The fourth-order valence-corrected chi connectivity index (χ4v) is 0. The molecule has 0 radical (unpaired) electrons. The first kappa shape index (κ1) is 5.56. The van der Waals surface area contributed by atoms with E-state index in [1.807, 2.05) is 0 Å². The zero-order valence-electron chi connectivity index (χ0n) is 3.81. The zero-order chi connectivity index (χ0) is 5.21. The molecule has 0 bridgehead atoms. The number of nitrogens with zero attached hydrogens (tertiary/aromatic N) is 1. The Hall–Kier alpha value is -0.440. The van der Waals surface area contributed by atoms with E-state index in [0.717, 1.165) is 14.1 Å². The van der Waals surface area contributed by atoms with Gasteiger partial charge < -0.3 is 0 Å². The monoisotopic (exact) mass is 92.1 g/mol. The Balaban J connectivity index is 3.45. The number of hydrogen-bond acceptors (Lipinski definition) is 1. The molecule has 0 aliphatic heterocycles. The second-order valence-corrected chi connectivity index (χ2v) is 1.50. The van der Waals surface area contributed by atoms with Gasteiger partial charge >= 0.3 is 6.41 Å². The number of amides is 1. The summed E-state index contributed by atoms with van der Waals surface area (Å²) in [6.45, 7) is 0. The van der Waals surface area contributed by atoms with Crippen LogP contribution in [0.2, 0.25) is 0 Å². The molecule has 0 atom stereocenters. The van der Waals surface area contributed by atoms with Crippen molar-refractivity contribution >= 4 is 6.41 Å². The molecule has 1 amide bonds. The van der Waals surface area contributed by atoms with Crippen molar-refractivity contribution in [2.75, 3.05) is 14.1 Å². The lowest BCUT2D eigenvalue weighted by Crippen LogP contribution is -2.26. The molecule has 6 heavy (non-hydrogen) atoms. The van der Waals surface area contributed by atoms with Crippen molar-refractivity contribution in [1.29, 1.82) is 0 Å². The molecule has 3 heteroatoms. The lowest BCUT2D eigenvalue weighted by molar-refractivity contribution is -0.949. The minimum atomic E-state index is -1.11. The Morgan fingerprint density at radius 2 is 1.83 bits per heavy atom. The van der Waals surface area contributed by atoms with Crippen molar-refractivity contribution in [3.63, 3.8) is 0 Å². The van der Waals surface area contributed by atoms with Gasteiger partial charge in [0, 0.05) is 4.48 Å². The standard InChI is InChI=1S/C3H7FNO/c1-5(2,4)3-6/h3H,1-2H3/q+1. The maximum atomic E-state index is 11.7. The average Bonchev–Trinajstić information content (AvgIpc) is 1.35. The molecule has 0 spiro atoms. The van der Waals surface area contributed by atoms with E-state index in [0.29, 0.717) is 0 Å². The van der Waals surface area contributed by atoms with E-state index >= 15 is 0 Å². The largest absolute Gasteiger partial charge is 0.338 e. The van der Waals surface area contributed by atoms with E-state index in [2.05, 4.69) is 0 Å². The van der Waals surface area contributed by atoms with Gasteiger partial charge in [-0.3, -0.25) is 0 Å². The topological polar surface area (TPSA) is 17.1 Å². The number of halogens is 1. The molecule has 0 aliphatic carbocycles. The van der Waals surface area contributed by atoms with Crippen LogP contribution in [0.4, 0.5) is 4.48 Å². The van der Waals surface area contributed by atoms with Crippen molar-refractivity contribution in [1.82, 2.24) is 0 Å². The third kappa shape index (κ3) is 3.56. The highest BCUT2D eigenvalue weighted by atomic mass is 19.2. The summed E-state index contributed by atoms with van der Waals surface area (Å²) in [5.41, 5.74) is 0. The van der Waals surface area contributed by atoms with Gasteiger partial charge in [0.25, 0.3) is 0 Å². The quantitative estimate of drug-likeness (QED) is 0.331. The van der Waals surface area contributed by atoms with Crippen LogP contribution in [0.25, 0.3) is 0 Å². The number of carbonyl (C=O) groups excluding carboxylic acids is 1. The van der Waals surface area contributed by atoms with Crippen LogP contribution in [0.5, 0.6) is 0 Å². The molecule has 0 saturated carbocycles. The number of quaternary nitrogens is 1. The Morgan fingerprint density at radius 1 is 1.67 bits per heavy atom. The van der Waals surface area contributed by atoms with Crippen LogP contribution >= 0.6 is 0 Å². The SMILES string of the molecule is C[N+](C)(F)C=O. The van der Waals surface area contributed by atoms with Crippen LogP contribution < -0.4 is 0 Å². The molecule has 0 aromatic rings. The Labute approximate surface area is 35.7 Å². The molecule has 0 aliphatic rings. The van der Waals surface area contributed by atoms with Crippen molar-refractivity contribution in [3.8, 4) is 0 Å². The van der Waals surface area contributed by atoms with Crippen molar-refractivity contribution in [2.45, 2.75) is 0 Å². The fraction of sp³-hybridized carbons (Fsp3) is 0.667. The first-order valence-electron chi connectivity index (χ1n) is 1.56. The van der Waals surface area contributed by atoms with Crippen LogP contribution in [-0.2, 0) is 4.79 Å². The van der Waals surface area contributed by atoms with Crippen LogP contribution in [0.1, 0.15) is 0 Å². The van der Waals surface area contributed by atoms with E-state index in [-0.39, 0.29) is 6.41 Å². The highest BCUT2D eigenvalue weighted by Gasteiger charge is 2.08. The van der Waals surface area contributed by atoms with E-state index in [1.165, 1.54) is 0 Å². The van der Waals surface area contributed by atoms with Crippen LogP contribution in [0.15, 0.2) is 0 Å². The Kier molecular flexibility index (Phi) is 1.24. The third-order valence-electron chi connectivity index (χ3n) is 0.251. The zero-order valence-corrected chi connectivity index (χ0v) is 3.81. The molecule has 0 aromatic carbocycles. The lowest BCUT2D eigenvalue weighted by Gasteiger charge is -2.00. The first-order valence-corrected chi connectivity index (χ1v) is 1.56. The van der Waals surface area contributed by atoms with Crippen molar-refractivity contribution < 1.29 is 14.0 Å². The maximum absolute atomic E-state index is 11.7. The molecule has 0 N–H and O–H groups in total. The van der Waals surface area contributed by atoms with Gasteiger partial charge in [-0.2, -0.15) is 0 Å². The molecule has 2 nitrogen and oxygen atoms in total. The number of carbonyl (C=O) groups is 1. The lowest BCUT2D eigenvalue weighted by atomic mass is 11.0. The van der Waals surface area contributed by atoms with Gasteiger partial charge in [-0.15, -0.1) is 0 Å². The predicted octanol–water partition coefficient (Wildman–Crippen LogP) is 0.104. The van der Waals surface area contributed by atoms with Crippen molar-refractivity contribution in [3.05, 3.63) is 0 Å². The molecular formula is C3H7FNO+. The van der Waals surface area contributed by atoms with E-state index in [9.17, 15) is 9.28 Å². The average molecular weight is 92.1 g/mol. The summed E-state index contributed by atoms with van der Waals surface area (Å²) in [5, 5.41) is 0. The van der Waals surface area contributed by atoms with Crippen LogP contribution in [0, 0.1) is 0 Å². The van der Waals surface area contributed by atoms with Gasteiger partial charge in [-0.25, -0.2) is 4.79 Å². The van der Waals surface area contributed by atoms with Gasteiger partial charge in [0.1, 0.15) is 14.1 Å². The first-order chi connectivity index (χ1) is 2.56. The van der Waals surface area contributed by atoms with E-state index < -0.39 is 4.71 Å². The van der Waals surface area contributed by atoms with Crippen LogP contribution in [-0.4, -0.2) is 25.2 Å². The summed E-state index contributed by atoms with van der Waals surface area (Å²) < 4.78 is 10.6. The number of rotatable bonds is 1. The van der Waals surface area contributed by atoms with Gasteiger partial charge in [0.15, 0.2) is 0 Å². The number of hydrogen-bond donors (Lipinski definition) is 0. The molecule has 0 heterocycles. The fourth-order valence-electron chi connectivity index (χ4n) is 0. The van der Waals surface area contributed by atoms with Crippen molar-refractivity contribution in [2.24, 2.45) is 0 Å². The van der Waals surface area contributed by atoms with Gasteiger partial charge in [-0.1, -0.05) is 4.71 Å². The Morgan fingerprint density at radius 3 is 1.83 bits per heavy atom. The third-order valence-corrected chi connectivity index (χ3v) is 0.251. The second kappa shape index (κ2) is 1.34. The molecule has 36 valence electrons.